The van der Waals surface area contributed by atoms with Gasteiger partial charge in [-0.1, -0.05) is 26.0 Å². The lowest BCUT2D eigenvalue weighted by Crippen LogP contribution is -2.14. The molecule has 0 unspecified atom stereocenters. The molecule has 1 heterocycles. The highest BCUT2D eigenvalue weighted by Crippen LogP contribution is 2.25. The largest absolute Gasteiger partial charge is 0.302 e. The molecule has 2 rings (SSSR count). The van der Waals surface area contributed by atoms with Crippen LogP contribution in [0.3, 0.4) is 0 Å². The van der Waals surface area contributed by atoms with Crippen LogP contribution in [0.4, 0.5) is 10.8 Å². The average molecular weight is 305 g/mol. The van der Waals surface area contributed by atoms with Crippen molar-refractivity contribution in [3.63, 3.8) is 0 Å². The minimum absolute atomic E-state index is 0.0170. The van der Waals surface area contributed by atoms with E-state index in [4.69, 9.17) is 0 Å². The maximum Gasteiger partial charge on any atom is 0.269 e. The van der Waals surface area contributed by atoms with E-state index in [9.17, 15) is 14.9 Å². The highest BCUT2D eigenvalue weighted by atomic mass is 32.1. The average Bonchev–Trinajstić information content (AvgIpc) is 2.87. The SMILES string of the molecule is CC(C)c1cnc(NC(=O)Cc2cccc([N+](=O)[O-])c2)s1. The third kappa shape index (κ3) is 4.09. The summed E-state index contributed by atoms with van der Waals surface area (Å²) in [4.78, 5) is 27.4. The summed E-state index contributed by atoms with van der Waals surface area (Å²) in [6, 6.07) is 6.06. The number of nitro benzene ring substituents is 1. The maximum absolute atomic E-state index is 11.9. The van der Waals surface area contributed by atoms with Crippen LogP contribution in [-0.2, 0) is 11.2 Å². The molecule has 21 heavy (non-hydrogen) atoms. The predicted octanol–water partition coefficient (Wildman–Crippen LogP) is 3.36. The second-order valence-electron chi connectivity index (χ2n) is 4.87. The van der Waals surface area contributed by atoms with Gasteiger partial charge in [0, 0.05) is 23.2 Å². The van der Waals surface area contributed by atoms with Crippen molar-refractivity contribution in [2.24, 2.45) is 0 Å². The van der Waals surface area contributed by atoms with E-state index in [2.05, 4.69) is 24.1 Å². The van der Waals surface area contributed by atoms with Gasteiger partial charge in [-0.2, -0.15) is 0 Å². The van der Waals surface area contributed by atoms with Gasteiger partial charge in [-0.3, -0.25) is 14.9 Å². The number of hydrogen-bond donors (Lipinski definition) is 1. The molecule has 1 N–H and O–H groups in total. The molecule has 1 amide bonds. The zero-order valence-electron chi connectivity index (χ0n) is 11.7. The van der Waals surface area contributed by atoms with E-state index in [0.717, 1.165) is 4.88 Å². The highest BCUT2D eigenvalue weighted by molar-refractivity contribution is 7.15. The Labute approximate surface area is 126 Å². The van der Waals surface area contributed by atoms with Gasteiger partial charge >= 0.3 is 0 Å². The van der Waals surface area contributed by atoms with Crippen LogP contribution in [0.25, 0.3) is 0 Å². The summed E-state index contributed by atoms with van der Waals surface area (Å²) < 4.78 is 0. The zero-order valence-corrected chi connectivity index (χ0v) is 12.5. The molecule has 0 fully saturated rings. The number of hydrogen-bond acceptors (Lipinski definition) is 5. The van der Waals surface area contributed by atoms with Crippen LogP contribution in [0, 0.1) is 10.1 Å². The minimum atomic E-state index is -0.475. The number of nitrogens with one attached hydrogen (secondary N) is 1. The van der Waals surface area contributed by atoms with Crippen molar-refractivity contribution in [2.45, 2.75) is 26.2 Å². The second kappa shape index (κ2) is 6.45. The number of thiazole rings is 1. The molecular formula is C14H15N3O3S. The van der Waals surface area contributed by atoms with Crippen molar-refractivity contribution in [3.8, 4) is 0 Å². The van der Waals surface area contributed by atoms with Gasteiger partial charge in [0.25, 0.3) is 5.69 Å². The van der Waals surface area contributed by atoms with E-state index in [1.54, 1.807) is 18.3 Å². The Bertz CT molecular complexity index is 667. The number of benzene rings is 1. The number of rotatable bonds is 5. The van der Waals surface area contributed by atoms with Gasteiger partial charge in [-0.25, -0.2) is 4.98 Å². The monoisotopic (exact) mass is 305 g/mol. The first-order chi connectivity index (χ1) is 9.95. The van der Waals surface area contributed by atoms with Gasteiger partial charge in [0.2, 0.25) is 5.91 Å². The number of nitrogens with zero attached hydrogens (tertiary/aromatic N) is 2. The molecule has 0 atom stereocenters. The fourth-order valence-corrected chi connectivity index (χ4v) is 2.57. The summed E-state index contributed by atoms with van der Waals surface area (Å²) in [6.07, 6.45) is 1.83. The lowest BCUT2D eigenvalue weighted by Gasteiger charge is -2.02. The van der Waals surface area contributed by atoms with Crippen LogP contribution in [0.1, 0.15) is 30.2 Å². The Hall–Kier alpha value is -2.28. The fraction of sp³-hybridized carbons (Fsp3) is 0.286. The van der Waals surface area contributed by atoms with Crippen LogP contribution in [-0.4, -0.2) is 15.8 Å². The molecule has 0 aliphatic heterocycles. The van der Waals surface area contributed by atoms with E-state index in [0.29, 0.717) is 16.6 Å². The summed E-state index contributed by atoms with van der Waals surface area (Å²) in [5.74, 6) is 0.130. The molecule has 6 nitrogen and oxygen atoms in total. The van der Waals surface area contributed by atoms with Crippen molar-refractivity contribution in [1.29, 1.82) is 0 Å². The number of nitro groups is 1. The van der Waals surface area contributed by atoms with E-state index in [1.807, 2.05) is 0 Å². The first-order valence-electron chi connectivity index (χ1n) is 6.44. The van der Waals surface area contributed by atoms with Gasteiger partial charge in [0.15, 0.2) is 5.13 Å². The van der Waals surface area contributed by atoms with E-state index in [1.165, 1.54) is 23.5 Å². The summed E-state index contributed by atoms with van der Waals surface area (Å²) >= 11 is 1.44. The first-order valence-corrected chi connectivity index (χ1v) is 7.26. The predicted molar refractivity (Wildman–Crippen MR) is 81.6 cm³/mol. The molecule has 7 heteroatoms. The number of anilines is 1. The third-order valence-corrected chi connectivity index (χ3v) is 4.04. The summed E-state index contributed by atoms with van der Waals surface area (Å²) in [5.41, 5.74) is 0.582. The highest BCUT2D eigenvalue weighted by Gasteiger charge is 2.11. The molecular weight excluding hydrogens is 290 g/mol. The van der Waals surface area contributed by atoms with Crippen LogP contribution < -0.4 is 5.32 Å². The van der Waals surface area contributed by atoms with Crippen molar-refractivity contribution in [2.75, 3.05) is 5.32 Å². The van der Waals surface area contributed by atoms with E-state index in [-0.39, 0.29) is 18.0 Å². The molecule has 1 aromatic heterocycles. The molecule has 0 aliphatic rings. The van der Waals surface area contributed by atoms with Gasteiger partial charge in [0.05, 0.1) is 11.3 Å². The number of amides is 1. The summed E-state index contributed by atoms with van der Waals surface area (Å²) in [7, 11) is 0. The van der Waals surface area contributed by atoms with Gasteiger partial charge in [0.1, 0.15) is 0 Å². The van der Waals surface area contributed by atoms with Gasteiger partial charge < -0.3 is 5.32 Å². The number of carbonyl (C=O) groups is 1. The van der Waals surface area contributed by atoms with Crippen molar-refractivity contribution >= 4 is 28.1 Å². The topological polar surface area (TPSA) is 85.1 Å². The van der Waals surface area contributed by atoms with Gasteiger partial charge in [-0.15, -0.1) is 11.3 Å². The molecule has 0 saturated carbocycles. The van der Waals surface area contributed by atoms with Crippen molar-refractivity contribution in [3.05, 3.63) is 51.0 Å². The molecule has 0 aliphatic carbocycles. The Kier molecular flexibility index (Phi) is 4.64. The molecule has 0 saturated heterocycles. The Balaban J connectivity index is 2.01. The smallest absolute Gasteiger partial charge is 0.269 e. The molecule has 2 aromatic rings. The molecule has 1 aromatic carbocycles. The normalized spacial score (nSPS) is 10.6. The van der Waals surface area contributed by atoms with Gasteiger partial charge in [-0.05, 0) is 11.5 Å². The Morgan fingerprint density at radius 3 is 2.86 bits per heavy atom. The molecule has 0 radical (unpaired) electrons. The third-order valence-electron chi connectivity index (χ3n) is 2.83. The maximum atomic E-state index is 11.9. The summed E-state index contributed by atoms with van der Waals surface area (Å²) in [6.45, 7) is 4.12. The van der Waals surface area contributed by atoms with E-state index < -0.39 is 4.92 Å². The fourth-order valence-electron chi connectivity index (χ4n) is 1.74. The molecule has 0 bridgehead atoms. The van der Waals surface area contributed by atoms with E-state index >= 15 is 0 Å². The first kappa shape index (κ1) is 15.1. The standard InChI is InChI=1S/C14H15N3O3S/c1-9(2)12-8-15-14(21-12)16-13(18)7-10-4-3-5-11(6-10)17(19)20/h3-6,8-9H,7H2,1-2H3,(H,15,16,18). The molecule has 0 spiro atoms. The minimum Gasteiger partial charge on any atom is -0.302 e. The van der Waals surface area contributed by atoms with Crippen LogP contribution >= 0.6 is 11.3 Å². The van der Waals surface area contributed by atoms with Crippen molar-refractivity contribution < 1.29 is 9.72 Å². The number of non-ortho nitro benzene ring substituents is 1. The Morgan fingerprint density at radius 2 is 2.24 bits per heavy atom. The number of carbonyl (C=O) groups excluding carboxylic acids is 1. The molecule has 110 valence electrons. The lowest BCUT2D eigenvalue weighted by molar-refractivity contribution is -0.384. The van der Waals surface area contributed by atoms with Crippen LogP contribution in [0.2, 0.25) is 0 Å². The van der Waals surface area contributed by atoms with Crippen molar-refractivity contribution in [1.82, 2.24) is 4.98 Å². The Morgan fingerprint density at radius 1 is 1.48 bits per heavy atom. The zero-order chi connectivity index (χ0) is 15.4. The lowest BCUT2D eigenvalue weighted by atomic mass is 10.1. The van der Waals surface area contributed by atoms with Crippen LogP contribution in [0.15, 0.2) is 30.5 Å². The van der Waals surface area contributed by atoms with Crippen LogP contribution in [0.5, 0.6) is 0 Å². The quantitative estimate of drug-likeness (QED) is 0.678. The number of aromatic nitrogens is 1. The summed E-state index contributed by atoms with van der Waals surface area (Å²) in [5, 5.41) is 14.0. The second-order valence-corrected chi connectivity index (χ2v) is 5.94.